The maximum Gasteiger partial charge on any atom is 0.316 e. The van der Waals surface area contributed by atoms with Gasteiger partial charge in [-0.25, -0.2) is 0 Å². The molecular formula is C19H22N2O4. The molecule has 0 aromatic heterocycles. The summed E-state index contributed by atoms with van der Waals surface area (Å²) in [6.45, 7) is 9.02. The minimum atomic E-state index is -0.652. The van der Waals surface area contributed by atoms with E-state index in [0.717, 1.165) is 0 Å². The van der Waals surface area contributed by atoms with E-state index in [4.69, 9.17) is 14.7 Å². The summed E-state index contributed by atoms with van der Waals surface area (Å²) in [6.07, 6.45) is 2.95. The number of ether oxygens (including phenoxy) is 2. The van der Waals surface area contributed by atoms with Gasteiger partial charge < -0.3 is 14.8 Å². The van der Waals surface area contributed by atoms with Crippen LogP contribution in [0.15, 0.2) is 36.4 Å². The maximum atomic E-state index is 12.0. The van der Waals surface area contributed by atoms with E-state index in [1.807, 2.05) is 6.07 Å². The Hall–Kier alpha value is -3.07. The highest BCUT2D eigenvalue weighted by molar-refractivity contribution is 6.01. The Labute approximate surface area is 147 Å². The molecular weight excluding hydrogens is 320 g/mol. The highest BCUT2D eigenvalue weighted by Crippen LogP contribution is 2.31. The first-order valence-electron chi connectivity index (χ1n) is 7.64. The van der Waals surface area contributed by atoms with Gasteiger partial charge >= 0.3 is 5.97 Å². The van der Waals surface area contributed by atoms with Crippen molar-refractivity contribution in [3.05, 3.63) is 42.0 Å². The number of nitrogens with zero attached hydrogens (tertiary/aromatic N) is 1. The molecule has 0 unspecified atom stereocenters. The molecule has 0 radical (unpaired) electrons. The highest BCUT2D eigenvalue weighted by Gasteiger charge is 2.25. The molecule has 0 fully saturated rings. The van der Waals surface area contributed by atoms with E-state index >= 15 is 0 Å². The van der Waals surface area contributed by atoms with Gasteiger partial charge in [-0.2, -0.15) is 5.26 Å². The van der Waals surface area contributed by atoms with Gasteiger partial charge in [0, 0.05) is 6.54 Å². The molecule has 0 spiro atoms. The van der Waals surface area contributed by atoms with Gasteiger partial charge in [0.1, 0.15) is 11.6 Å². The lowest BCUT2D eigenvalue weighted by atomic mass is 9.97. The lowest BCUT2D eigenvalue weighted by Gasteiger charge is -2.17. The molecule has 0 aliphatic heterocycles. The van der Waals surface area contributed by atoms with Crippen molar-refractivity contribution in [3.63, 3.8) is 0 Å². The zero-order valence-electron chi connectivity index (χ0n) is 14.9. The highest BCUT2D eigenvalue weighted by atomic mass is 16.6. The van der Waals surface area contributed by atoms with E-state index in [1.54, 1.807) is 39.0 Å². The van der Waals surface area contributed by atoms with Gasteiger partial charge in [-0.1, -0.05) is 12.1 Å². The van der Waals surface area contributed by atoms with E-state index in [1.165, 1.54) is 19.3 Å². The predicted molar refractivity (Wildman–Crippen MR) is 94.9 cm³/mol. The Kier molecular flexibility index (Phi) is 6.94. The number of amides is 1. The summed E-state index contributed by atoms with van der Waals surface area (Å²) >= 11 is 0. The smallest absolute Gasteiger partial charge is 0.316 e. The fraction of sp³-hybridized carbons (Fsp3) is 0.316. The molecule has 1 N–H and O–H groups in total. The number of methoxy groups -OCH3 is 1. The van der Waals surface area contributed by atoms with Gasteiger partial charge in [0.15, 0.2) is 11.5 Å². The third kappa shape index (κ3) is 5.81. The molecule has 0 aliphatic carbocycles. The van der Waals surface area contributed by atoms with Gasteiger partial charge in [0.05, 0.1) is 12.5 Å². The topological polar surface area (TPSA) is 88.4 Å². The monoisotopic (exact) mass is 342 g/mol. The van der Waals surface area contributed by atoms with Crippen molar-refractivity contribution in [3.8, 4) is 17.6 Å². The van der Waals surface area contributed by atoms with Gasteiger partial charge in [0.2, 0.25) is 0 Å². The molecule has 1 aromatic carbocycles. The van der Waals surface area contributed by atoms with Crippen molar-refractivity contribution in [1.82, 2.24) is 5.32 Å². The van der Waals surface area contributed by atoms with Crippen LogP contribution in [-0.4, -0.2) is 25.5 Å². The molecule has 6 heteroatoms. The molecule has 0 atom stereocenters. The number of carbonyl (C=O) groups excluding carboxylic acids is 2. The standard InChI is InChI=1S/C19H22N2O4/c1-6-9-21-17(22)14(12-20)10-13-7-8-15(16(11-13)24-5)25-18(23)19(2,3)4/h6-8,10-11H,1,9H2,2-5H3,(H,21,22). The maximum absolute atomic E-state index is 12.0. The Bertz CT molecular complexity index is 737. The average molecular weight is 342 g/mol. The summed E-state index contributed by atoms with van der Waals surface area (Å²) in [4.78, 5) is 23.9. The van der Waals surface area contributed by atoms with Crippen LogP contribution in [0.5, 0.6) is 11.5 Å². The van der Waals surface area contributed by atoms with Crippen molar-refractivity contribution in [1.29, 1.82) is 5.26 Å². The Morgan fingerprint density at radius 2 is 2.00 bits per heavy atom. The van der Waals surface area contributed by atoms with Gasteiger partial charge in [-0.05, 0) is 44.5 Å². The van der Waals surface area contributed by atoms with Crippen molar-refractivity contribution >= 4 is 18.0 Å². The van der Waals surface area contributed by atoms with Crippen LogP contribution in [0.1, 0.15) is 26.3 Å². The third-order valence-corrected chi connectivity index (χ3v) is 3.09. The zero-order chi connectivity index (χ0) is 19.0. The van der Waals surface area contributed by atoms with Gasteiger partial charge in [-0.15, -0.1) is 6.58 Å². The van der Waals surface area contributed by atoms with Crippen molar-refractivity contribution in [2.75, 3.05) is 13.7 Å². The normalized spacial score (nSPS) is 11.2. The number of hydrogen-bond donors (Lipinski definition) is 1. The second kappa shape index (κ2) is 8.69. The van der Waals surface area contributed by atoms with E-state index in [9.17, 15) is 9.59 Å². The summed E-state index contributed by atoms with van der Waals surface area (Å²) in [6, 6.07) is 6.63. The van der Waals surface area contributed by atoms with Crippen molar-refractivity contribution < 1.29 is 19.1 Å². The number of nitriles is 1. The van der Waals surface area contributed by atoms with Gasteiger partial charge in [-0.3, -0.25) is 9.59 Å². The zero-order valence-corrected chi connectivity index (χ0v) is 14.9. The van der Waals surface area contributed by atoms with Crippen LogP contribution in [0, 0.1) is 16.7 Å². The number of nitrogens with one attached hydrogen (secondary N) is 1. The molecule has 1 rings (SSSR count). The molecule has 0 saturated carbocycles. The minimum absolute atomic E-state index is 0.0525. The van der Waals surface area contributed by atoms with Crippen molar-refractivity contribution in [2.45, 2.75) is 20.8 Å². The lowest BCUT2D eigenvalue weighted by Crippen LogP contribution is -2.25. The summed E-state index contributed by atoms with van der Waals surface area (Å²) in [5, 5.41) is 11.7. The molecule has 1 amide bonds. The quantitative estimate of drug-likeness (QED) is 0.282. The number of hydrogen-bond acceptors (Lipinski definition) is 5. The summed E-state index contributed by atoms with van der Waals surface area (Å²) in [7, 11) is 1.44. The number of benzene rings is 1. The molecule has 132 valence electrons. The van der Waals surface area contributed by atoms with E-state index < -0.39 is 17.3 Å². The third-order valence-electron chi connectivity index (χ3n) is 3.09. The lowest BCUT2D eigenvalue weighted by molar-refractivity contribution is -0.143. The molecule has 0 aliphatic rings. The summed E-state index contributed by atoms with van der Waals surface area (Å²) < 4.78 is 10.6. The molecule has 0 saturated heterocycles. The van der Waals surface area contributed by atoms with E-state index in [2.05, 4.69) is 11.9 Å². The first-order chi connectivity index (χ1) is 11.7. The molecule has 0 bridgehead atoms. The van der Waals surface area contributed by atoms with Crippen LogP contribution in [0.4, 0.5) is 0 Å². The SMILES string of the molecule is C=CCNC(=O)C(C#N)=Cc1ccc(OC(=O)C(C)(C)C)c(OC)c1. The molecule has 25 heavy (non-hydrogen) atoms. The average Bonchev–Trinajstić information content (AvgIpc) is 2.57. The largest absolute Gasteiger partial charge is 0.493 e. The van der Waals surface area contributed by atoms with Crippen LogP contribution < -0.4 is 14.8 Å². The predicted octanol–water partition coefficient (Wildman–Crippen LogP) is 2.86. The fourth-order valence-electron chi connectivity index (χ4n) is 1.69. The van der Waals surface area contributed by atoms with Crippen LogP contribution in [-0.2, 0) is 9.59 Å². The van der Waals surface area contributed by atoms with Crippen LogP contribution in [0.25, 0.3) is 6.08 Å². The van der Waals surface area contributed by atoms with Gasteiger partial charge in [0.25, 0.3) is 5.91 Å². The van der Waals surface area contributed by atoms with E-state index in [0.29, 0.717) is 11.3 Å². The van der Waals surface area contributed by atoms with E-state index in [-0.39, 0.29) is 17.9 Å². The Morgan fingerprint density at radius 3 is 2.52 bits per heavy atom. The first-order valence-corrected chi connectivity index (χ1v) is 7.64. The number of carbonyl (C=O) groups is 2. The number of esters is 1. The second-order valence-corrected chi connectivity index (χ2v) is 6.22. The van der Waals surface area contributed by atoms with Crippen molar-refractivity contribution in [2.24, 2.45) is 5.41 Å². The molecule has 0 heterocycles. The summed E-state index contributed by atoms with van der Waals surface area (Å²) in [5.74, 6) is -0.287. The van der Waals surface area contributed by atoms with Crippen LogP contribution >= 0.6 is 0 Å². The molecule has 1 aromatic rings. The minimum Gasteiger partial charge on any atom is -0.493 e. The fourth-order valence-corrected chi connectivity index (χ4v) is 1.69. The van der Waals surface area contributed by atoms with Crippen LogP contribution in [0.3, 0.4) is 0 Å². The Morgan fingerprint density at radius 1 is 1.32 bits per heavy atom. The second-order valence-electron chi connectivity index (χ2n) is 6.22. The first kappa shape index (κ1) is 20.0. The Balaban J connectivity index is 3.10. The van der Waals surface area contributed by atoms with Crippen LogP contribution in [0.2, 0.25) is 0 Å². The summed E-state index contributed by atoms with van der Waals surface area (Å²) in [5.41, 5.74) is -0.137. The number of rotatable bonds is 6. The molecule has 6 nitrogen and oxygen atoms in total.